The van der Waals surface area contributed by atoms with E-state index in [2.05, 4.69) is 19.9 Å². The molecule has 0 aromatic rings. The fourth-order valence-electron chi connectivity index (χ4n) is 1.44. The number of hydrogen-bond donors (Lipinski definition) is 0. The number of hydrogen-bond acceptors (Lipinski definition) is 1. The number of aldehydes is 1. The summed E-state index contributed by atoms with van der Waals surface area (Å²) in [4.78, 5) is 10.6. The first-order valence-corrected chi connectivity index (χ1v) is 5.93. The zero-order valence-corrected chi connectivity index (χ0v) is 10.6. The van der Waals surface area contributed by atoms with E-state index in [-0.39, 0.29) is 0 Å². The average molecular weight is 208 g/mol. The van der Waals surface area contributed by atoms with E-state index in [0.29, 0.717) is 0 Å². The second-order valence-corrected chi connectivity index (χ2v) is 4.16. The third-order valence-corrected chi connectivity index (χ3v) is 2.87. The van der Waals surface area contributed by atoms with E-state index in [9.17, 15) is 4.79 Å². The Labute approximate surface area is 94.3 Å². The lowest BCUT2D eigenvalue weighted by molar-refractivity contribution is -0.104. The second kappa shape index (κ2) is 8.46. The third kappa shape index (κ3) is 6.27. The summed E-state index contributed by atoms with van der Waals surface area (Å²) in [6.07, 6.45) is 9.51. The van der Waals surface area contributed by atoms with E-state index >= 15 is 0 Å². The molecule has 1 nitrogen and oxygen atoms in total. The molecule has 0 atom stereocenters. The van der Waals surface area contributed by atoms with E-state index in [1.165, 1.54) is 31.3 Å². The van der Waals surface area contributed by atoms with Gasteiger partial charge in [-0.25, -0.2) is 0 Å². The number of rotatable bonds is 7. The van der Waals surface area contributed by atoms with Crippen LogP contribution in [0.15, 0.2) is 22.8 Å². The molecule has 0 fully saturated rings. The van der Waals surface area contributed by atoms with E-state index in [0.717, 1.165) is 23.9 Å². The maximum atomic E-state index is 10.6. The molecule has 0 spiro atoms. The van der Waals surface area contributed by atoms with Gasteiger partial charge in [0.15, 0.2) is 0 Å². The predicted octanol–water partition coefficient (Wildman–Crippen LogP) is 4.44. The van der Waals surface area contributed by atoms with Crippen LogP contribution < -0.4 is 0 Å². The molecule has 0 bridgehead atoms. The molecule has 0 radical (unpaired) electrons. The highest BCUT2D eigenvalue weighted by Crippen LogP contribution is 2.14. The Morgan fingerprint density at radius 1 is 1.07 bits per heavy atom. The quantitative estimate of drug-likeness (QED) is 0.262. The van der Waals surface area contributed by atoms with Crippen LogP contribution in [0.1, 0.15) is 59.8 Å². The van der Waals surface area contributed by atoms with Crippen LogP contribution >= 0.6 is 0 Å². The highest BCUT2D eigenvalue weighted by atomic mass is 16.1. The van der Waals surface area contributed by atoms with Crippen LogP contribution in [0.5, 0.6) is 0 Å². The van der Waals surface area contributed by atoms with Gasteiger partial charge in [-0.1, -0.05) is 37.8 Å². The van der Waals surface area contributed by atoms with Crippen molar-refractivity contribution in [1.82, 2.24) is 0 Å². The average Bonchev–Trinajstić information content (AvgIpc) is 2.26. The normalized spacial score (nSPS) is 13.7. The summed E-state index contributed by atoms with van der Waals surface area (Å²) in [5, 5.41) is 0. The Morgan fingerprint density at radius 2 is 1.73 bits per heavy atom. The molecule has 15 heavy (non-hydrogen) atoms. The molecule has 0 rings (SSSR count). The largest absolute Gasteiger partial charge is 0.298 e. The minimum atomic E-state index is 0.845. The molecule has 0 aliphatic heterocycles. The van der Waals surface area contributed by atoms with Gasteiger partial charge >= 0.3 is 0 Å². The molecule has 0 saturated carbocycles. The Bertz CT molecular complexity index is 246. The number of unbranched alkanes of at least 4 members (excludes halogenated alkanes) is 4. The van der Waals surface area contributed by atoms with Crippen molar-refractivity contribution in [3.63, 3.8) is 0 Å². The molecule has 0 aliphatic rings. The van der Waals surface area contributed by atoms with Crippen molar-refractivity contribution in [3.05, 3.63) is 22.8 Å². The first-order chi connectivity index (χ1) is 7.13. The van der Waals surface area contributed by atoms with Crippen LogP contribution in [0.3, 0.4) is 0 Å². The molecule has 0 aliphatic carbocycles. The van der Waals surface area contributed by atoms with E-state index < -0.39 is 0 Å². The van der Waals surface area contributed by atoms with Gasteiger partial charge in [-0.15, -0.1) is 0 Å². The Morgan fingerprint density at radius 3 is 2.27 bits per heavy atom. The SMILES string of the molecule is CCCCCCC=C(C)C(C)=C(C)C=O. The molecule has 0 heterocycles. The van der Waals surface area contributed by atoms with Crippen LogP contribution in [0, 0.1) is 0 Å². The van der Waals surface area contributed by atoms with Gasteiger partial charge in [0.1, 0.15) is 6.29 Å². The molecule has 0 saturated heterocycles. The predicted molar refractivity (Wildman–Crippen MR) is 67.0 cm³/mol. The molecule has 0 unspecified atom stereocenters. The lowest BCUT2D eigenvalue weighted by atomic mass is 10.0. The van der Waals surface area contributed by atoms with Crippen LogP contribution in [0.4, 0.5) is 0 Å². The van der Waals surface area contributed by atoms with Crippen molar-refractivity contribution >= 4 is 6.29 Å². The van der Waals surface area contributed by atoms with Gasteiger partial charge in [0.25, 0.3) is 0 Å². The monoisotopic (exact) mass is 208 g/mol. The maximum Gasteiger partial charge on any atom is 0.146 e. The smallest absolute Gasteiger partial charge is 0.146 e. The van der Waals surface area contributed by atoms with Crippen molar-refractivity contribution in [1.29, 1.82) is 0 Å². The van der Waals surface area contributed by atoms with Crippen LogP contribution in [-0.4, -0.2) is 6.29 Å². The lowest BCUT2D eigenvalue weighted by Gasteiger charge is -2.03. The minimum absolute atomic E-state index is 0.845. The van der Waals surface area contributed by atoms with Crippen molar-refractivity contribution in [2.45, 2.75) is 59.8 Å². The first kappa shape index (κ1) is 14.2. The van der Waals surface area contributed by atoms with Gasteiger partial charge in [-0.3, -0.25) is 4.79 Å². The molecule has 0 amide bonds. The third-order valence-electron chi connectivity index (χ3n) is 2.87. The molecule has 0 N–H and O–H groups in total. The van der Waals surface area contributed by atoms with Crippen molar-refractivity contribution in [2.75, 3.05) is 0 Å². The van der Waals surface area contributed by atoms with Gasteiger partial charge in [-0.05, 0) is 44.8 Å². The fraction of sp³-hybridized carbons (Fsp3) is 0.643. The van der Waals surface area contributed by atoms with E-state index in [4.69, 9.17) is 0 Å². The molecular formula is C14H24O. The summed E-state index contributed by atoms with van der Waals surface area (Å²) in [5.74, 6) is 0. The molecular weight excluding hydrogens is 184 g/mol. The van der Waals surface area contributed by atoms with Gasteiger partial charge in [0, 0.05) is 0 Å². The van der Waals surface area contributed by atoms with Crippen LogP contribution in [-0.2, 0) is 4.79 Å². The molecule has 0 aromatic heterocycles. The maximum absolute atomic E-state index is 10.6. The number of allylic oxidation sites excluding steroid dienone is 4. The van der Waals surface area contributed by atoms with Gasteiger partial charge in [-0.2, -0.15) is 0 Å². The Balaban J connectivity index is 4.04. The summed E-state index contributed by atoms with van der Waals surface area (Å²) in [5.41, 5.74) is 3.22. The van der Waals surface area contributed by atoms with Gasteiger partial charge in [0.2, 0.25) is 0 Å². The van der Waals surface area contributed by atoms with Crippen molar-refractivity contribution < 1.29 is 4.79 Å². The zero-order valence-electron chi connectivity index (χ0n) is 10.6. The minimum Gasteiger partial charge on any atom is -0.298 e. The van der Waals surface area contributed by atoms with Crippen LogP contribution in [0.2, 0.25) is 0 Å². The summed E-state index contributed by atoms with van der Waals surface area (Å²) in [6.45, 7) is 8.20. The fourth-order valence-corrected chi connectivity index (χ4v) is 1.44. The Kier molecular flexibility index (Phi) is 7.98. The molecule has 0 aromatic carbocycles. The van der Waals surface area contributed by atoms with E-state index in [1.807, 2.05) is 13.8 Å². The van der Waals surface area contributed by atoms with E-state index in [1.54, 1.807) is 0 Å². The van der Waals surface area contributed by atoms with Gasteiger partial charge < -0.3 is 0 Å². The first-order valence-electron chi connectivity index (χ1n) is 5.93. The summed E-state index contributed by atoms with van der Waals surface area (Å²) in [7, 11) is 0. The van der Waals surface area contributed by atoms with Gasteiger partial charge in [0.05, 0.1) is 0 Å². The van der Waals surface area contributed by atoms with Crippen molar-refractivity contribution in [2.24, 2.45) is 0 Å². The highest BCUT2D eigenvalue weighted by Gasteiger charge is 1.97. The summed E-state index contributed by atoms with van der Waals surface area (Å²) >= 11 is 0. The number of carbonyl (C=O) groups excluding carboxylic acids is 1. The topological polar surface area (TPSA) is 17.1 Å². The van der Waals surface area contributed by atoms with Crippen LogP contribution in [0.25, 0.3) is 0 Å². The lowest BCUT2D eigenvalue weighted by Crippen LogP contribution is -1.88. The highest BCUT2D eigenvalue weighted by molar-refractivity contribution is 5.75. The van der Waals surface area contributed by atoms with Crippen molar-refractivity contribution in [3.8, 4) is 0 Å². The molecule has 86 valence electrons. The Hall–Kier alpha value is -0.850. The number of carbonyl (C=O) groups is 1. The zero-order chi connectivity index (χ0) is 11.7. The summed E-state index contributed by atoms with van der Waals surface area (Å²) in [6, 6.07) is 0. The standard InChI is InChI=1S/C14H24O/c1-5-6-7-8-9-10-12(2)14(4)13(3)11-15/h10-11H,5-9H2,1-4H3. The second-order valence-electron chi connectivity index (χ2n) is 4.16. The summed E-state index contributed by atoms with van der Waals surface area (Å²) < 4.78 is 0. The molecule has 1 heteroatoms.